The van der Waals surface area contributed by atoms with Crippen LogP contribution in [0.2, 0.25) is 5.02 Å². The van der Waals surface area contributed by atoms with Gasteiger partial charge in [-0.1, -0.05) is 24.9 Å². The summed E-state index contributed by atoms with van der Waals surface area (Å²) >= 11 is 5.99. The largest absolute Gasteiger partial charge is 0.314 e. The Hall–Kier alpha value is -0.420. The Bertz CT molecular complexity index is 437. The Morgan fingerprint density at radius 3 is 2.45 bits per heavy atom. The number of nitrogens with zero attached hydrogens (tertiary/aromatic N) is 1. The third-order valence-electron chi connectivity index (χ3n) is 3.57. The first-order valence-corrected chi connectivity index (χ1v) is 7.11. The van der Waals surface area contributed by atoms with E-state index in [9.17, 15) is 8.78 Å². The zero-order chi connectivity index (χ0) is 13.8. The monoisotopic (exact) mass is 324 g/mol. The molecule has 1 N–H and O–H groups in total. The molecule has 2 rings (SSSR count). The Kier molecular flexibility index (Phi) is 7.17. The minimum Gasteiger partial charge on any atom is -0.314 e. The van der Waals surface area contributed by atoms with Crippen LogP contribution in [0.5, 0.6) is 0 Å². The van der Waals surface area contributed by atoms with Crippen molar-refractivity contribution in [2.24, 2.45) is 0 Å². The predicted octanol–water partition coefficient (Wildman–Crippen LogP) is 3.79. The molecule has 1 heterocycles. The van der Waals surface area contributed by atoms with Crippen LogP contribution in [0, 0.1) is 11.6 Å². The standard InChI is InChI=1S/C14H19ClF2N2.ClH/c1-2-3-12(19-8-6-18-7-9-19)13-10(16)4-5-11(17)14(13)15;/h4-5,12,18H,2-3,6-9H2,1H3;1H/t12-;/m0./s1. The molecular weight excluding hydrogens is 305 g/mol. The highest BCUT2D eigenvalue weighted by Gasteiger charge is 2.27. The van der Waals surface area contributed by atoms with Crippen molar-refractivity contribution in [2.45, 2.75) is 25.8 Å². The van der Waals surface area contributed by atoms with Gasteiger partial charge in [0.25, 0.3) is 0 Å². The number of hydrogen-bond acceptors (Lipinski definition) is 2. The molecule has 2 nitrogen and oxygen atoms in total. The normalized spacial score (nSPS) is 17.6. The highest BCUT2D eigenvalue weighted by molar-refractivity contribution is 6.31. The highest BCUT2D eigenvalue weighted by atomic mass is 35.5. The second-order valence-electron chi connectivity index (χ2n) is 4.85. The van der Waals surface area contributed by atoms with Crippen LogP contribution in [0.3, 0.4) is 0 Å². The van der Waals surface area contributed by atoms with Crippen LogP contribution in [0.1, 0.15) is 31.4 Å². The first-order valence-electron chi connectivity index (χ1n) is 6.73. The maximum absolute atomic E-state index is 14.1. The van der Waals surface area contributed by atoms with Crippen molar-refractivity contribution in [3.63, 3.8) is 0 Å². The fourth-order valence-electron chi connectivity index (χ4n) is 2.62. The first-order chi connectivity index (χ1) is 9.15. The lowest BCUT2D eigenvalue weighted by molar-refractivity contribution is 0.161. The summed E-state index contributed by atoms with van der Waals surface area (Å²) < 4.78 is 27.7. The van der Waals surface area contributed by atoms with Gasteiger partial charge < -0.3 is 5.32 Å². The lowest BCUT2D eigenvalue weighted by atomic mass is 9.99. The van der Waals surface area contributed by atoms with Crippen LogP contribution in [-0.2, 0) is 0 Å². The number of benzene rings is 1. The number of nitrogens with one attached hydrogen (secondary N) is 1. The molecule has 0 radical (unpaired) electrons. The molecule has 0 aromatic heterocycles. The molecule has 6 heteroatoms. The number of halogens is 4. The van der Waals surface area contributed by atoms with Gasteiger partial charge in [0.2, 0.25) is 0 Å². The molecule has 1 aromatic rings. The van der Waals surface area contributed by atoms with Crippen LogP contribution in [0.15, 0.2) is 12.1 Å². The van der Waals surface area contributed by atoms with E-state index in [-0.39, 0.29) is 23.5 Å². The lowest BCUT2D eigenvalue weighted by Gasteiger charge is -2.35. The lowest BCUT2D eigenvalue weighted by Crippen LogP contribution is -2.45. The van der Waals surface area contributed by atoms with Crippen molar-refractivity contribution in [3.8, 4) is 0 Å². The molecule has 1 aliphatic rings. The molecule has 0 spiro atoms. The van der Waals surface area contributed by atoms with E-state index in [1.165, 1.54) is 6.07 Å². The van der Waals surface area contributed by atoms with Gasteiger partial charge in [-0.2, -0.15) is 0 Å². The summed E-state index contributed by atoms with van der Waals surface area (Å²) in [5.74, 6) is -0.960. The summed E-state index contributed by atoms with van der Waals surface area (Å²) in [4.78, 5) is 2.18. The fraction of sp³-hybridized carbons (Fsp3) is 0.571. The molecule has 1 aliphatic heterocycles. The van der Waals surface area contributed by atoms with Crippen LogP contribution in [0.25, 0.3) is 0 Å². The quantitative estimate of drug-likeness (QED) is 0.848. The van der Waals surface area contributed by atoms with Gasteiger partial charge in [-0.15, -0.1) is 12.4 Å². The van der Waals surface area contributed by atoms with Crippen molar-refractivity contribution in [2.75, 3.05) is 26.2 Å². The first kappa shape index (κ1) is 17.6. The van der Waals surface area contributed by atoms with E-state index in [1.807, 2.05) is 6.92 Å². The number of piperazine rings is 1. The molecule has 1 atom stereocenters. The zero-order valence-electron chi connectivity index (χ0n) is 11.5. The maximum Gasteiger partial charge on any atom is 0.142 e. The Morgan fingerprint density at radius 2 is 1.85 bits per heavy atom. The van der Waals surface area contributed by atoms with Crippen LogP contribution >= 0.6 is 24.0 Å². The van der Waals surface area contributed by atoms with Crippen LogP contribution in [-0.4, -0.2) is 31.1 Å². The van der Waals surface area contributed by atoms with Gasteiger partial charge in [0.1, 0.15) is 11.6 Å². The molecule has 0 saturated carbocycles. The van der Waals surface area contributed by atoms with Crippen molar-refractivity contribution in [3.05, 3.63) is 34.4 Å². The molecule has 114 valence electrons. The summed E-state index contributed by atoms with van der Waals surface area (Å²) in [6.07, 6.45) is 1.68. The van der Waals surface area contributed by atoms with E-state index in [4.69, 9.17) is 11.6 Å². The van der Waals surface area contributed by atoms with Crippen molar-refractivity contribution in [1.82, 2.24) is 10.2 Å². The molecule has 0 aliphatic carbocycles. The summed E-state index contributed by atoms with van der Waals surface area (Å²) in [6, 6.07) is 2.11. The van der Waals surface area contributed by atoms with Crippen molar-refractivity contribution < 1.29 is 8.78 Å². The Balaban J connectivity index is 0.00000200. The Labute approximate surface area is 129 Å². The molecular formula is C14H20Cl2F2N2. The zero-order valence-corrected chi connectivity index (χ0v) is 13.0. The molecule has 1 fully saturated rings. The van der Waals surface area contributed by atoms with E-state index in [0.717, 1.165) is 45.1 Å². The van der Waals surface area contributed by atoms with E-state index >= 15 is 0 Å². The molecule has 0 bridgehead atoms. The number of hydrogen-bond donors (Lipinski definition) is 1. The van der Waals surface area contributed by atoms with E-state index < -0.39 is 11.6 Å². The minimum absolute atomic E-state index is 0. The predicted molar refractivity (Wildman–Crippen MR) is 80.7 cm³/mol. The smallest absolute Gasteiger partial charge is 0.142 e. The molecule has 0 unspecified atom stereocenters. The van der Waals surface area contributed by atoms with Gasteiger partial charge >= 0.3 is 0 Å². The molecule has 1 saturated heterocycles. The van der Waals surface area contributed by atoms with Gasteiger partial charge in [-0.3, -0.25) is 4.90 Å². The summed E-state index contributed by atoms with van der Waals surface area (Å²) in [6.45, 7) is 5.44. The third kappa shape index (κ3) is 3.82. The Morgan fingerprint density at radius 1 is 1.25 bits per heavy atom. The van der Waals surface area contributed by atoms with Gasteiger partial charge in [0.15, 0.2) is 0 Å². The average Bonchev–Trinajstić information content (AvgIpc) is 2.43. The van der Waals surface area contributed by atoms with Crippen LogP contribution < -0.4 is 5.32 Å². The SMILES string of the molecule is CCC[C@@H](c1c(F)ccc(F)c1Cl)N1CCNCC1.Cl. The van der Waals surface area contributed by atoms with Gasteiger partial charge in [-0.25, -0.2) is 8.78 Å². The van der Waals surface area contributed by atoms with E-state index in [1.54, 1.807) is 0 Å². The minimum atomic E-state index is -0.547. The second-order valence-corrected chi connectivity index (χ2v) is 5.23. The summed E-state index contributed by atoms with van der Waals surface area (Å²) in [7, 11) is 0. The summed E-state index contributed by atoms with van der Waals surface area (Å²) in [5.41, 5.74) is 0.311. The summed E-state index contributed by atoms with van der Waals surface area (Å²) in [5, 5.41) is 3.19. The van der Waals surface area contributed by atoms with Gasteiger partial charge in [-0.05, 0) is 18.6 Å². The fourth-order valence-corrected chi connectivity index (χ4v) is 2.90. The highest BCUT2D eigenvalue weighted by Crippen LogP contribution is 2.34. The topological polar surface area (TPSA) is 15.3 Å². The van der Waals surface area contributed by atoms with Crippen molar-refractivity contribution >= 4 is 24.0 Å². The third-order valence-corrected chi connectivity index (χ3v) is 3.95. The second kappa shape index (κ2) is 8.13. The average molecular weight is 325 g/mol. The molecule has 20 heavy (non-hydrogen) atoms. The maximum atomic E-state index is 14.1. The van der Waals surface area contributed by atoms with E-state index in [0.29, 0.717) is 5.56 Å². The van der Waals surface area contributed by atoms with Gasteiger partial charge in [0, 0.05) is 37.8 Å². The van der Waals surface area contributed by atoms with Gasteiger partial charge in [0.05, 0.1) is 5.02 Å². The van der Waals surface area contributed by atoms with Crippen molar-refractivity contribution in [1.29, 1.82) is 0 Å². The van der Waals surface area contributed by atoms with E-state index in [2.05, 4.69) is 10.2 Å². The number of rotatable bonds is 4. The molecule has 1 aromatic carbocycles. The van der Waals surface area contributed by atoms with Crippen LogP contribution in [0.4, 0.5) is 8.78 Å². The molecule has 0 amide bonds.